The van der Waals surface area contributed by atoms with Gasteiger partial charge < -0.3 is 16.6 Å². The van der Waals surface area contributed by atoms with E-state index in [2.05, 4.69) is 5.32 Å². The van der Waals surface area contributed by atoms with Crippen molar-refractivity contribution in [3.05, 3.63) is 0 Å². The van der Waals surface area contributed by atoms with Gasteiger partial charge in [-0.05, 0) is 12.8 Å². The number of carbonyl (C=O) groups excluding carboxylic acids is 1. The van der Waals surface area contributed by atoms with E-state index in [1.165, 1.54) is 0 Å². The maximum atomic E-state index is 10.7. The number of aliphatic carboxylic acids is 1. The fourth-order valence-corrected chi connectivity index (χ4v) is 0.941. The predicted octanol–water partition coefficient (Wildman–Crippen LogP) is -1.01. The summed E-state index contributed by atoms with van der Waals surface area (Å²) in [4.78, 5) is 21.1. The third-order valence-corrected chi connectivity index (χ3v) is 1.83. The molecule has 0 rings (SSSR count). The van der Waals surface area contributed by atoms with Crippen molar-refractivity contribution >= 4 is 11.9 Å². The van der Waals surface area contributed by atoms with Gasteiger partial charge in [0.15, 0.2) is 0 Å². The molecule has 0 bridgehead atoms. The van der Waals surface area contributed by atoms with Gasteiger partial charge in [-0.1, -0.05) is 6.92 Å². The zero-order valence-corrected chi connectivity index (χ0v) is 8.19. The van der Waals surface area contributed by atoms with Gasteiger partial charge in [-0.15, -0.1) is 0 Å². The molecule has 0 aromatic heterocycles. The fraction of sp³-hybridized carbons (Fsp3) is 0.750. The second kappa shape index (κ2) is 6.33. The van der Waals surface area contributed by atoms with Crippen LogP contribution in [0.1, 0.15) is 26.2 Å². The Bertz CT molecular complexity index is 208. The first-order chi connectivity index (χ1) is 6.47. The van der Waals surface area contributed by atoms with E-state index in [1.54, 1.807) is 0 Å². The Morgan fingerprint density at radius 2 is 2.07 bits per heavy atom. The molecule has 0 aliphatic rings. The summed E-state index contributed by atoms with van der Waals surface area (Å²) in [7, 11) is 0. The fourth-order valence-electron chi connectivity index (χ4n) is 0.941. The molecule has 0 aromatic carbocycles. The van der Waals surface area contributed by atoms with Gasteiger partial charge in [0.25, 0.3) is 0 Å². The second-order valence-electron chi connectivity index (χ2n) is 3.08. The molecule has 0 aliphatic carbocycles. The van der Waals surface area contributed by atoms with E-state index in [0.29, 0.717) is 6.42 Å². The minimum absolute atomic E-state index is 0.0421. The average molecular weight is 203 g/mol. The Labute approximate surface area is 82.6 Å². The predicted molar refractivity (Wildman–Crippen MR) is 51.3 cm³/mol. The number of hydrogen-bond acceptors (Lipinski definition) is 4. The van der Waals surface area contributed by atoms with Crippen LogP contribution in [0.3, 0.4) is 0 Å². The number of amides is 1. The molecule has 0 aliphatic heterocycles. The first-order valence-electron chi connectivity index (χ1n) is 4.50. The molecule has 0 heterocycles. The highest BCUT2D eigenvalue weighted by Crippen LogP contribution is 1.98. The van der Waals surface area contributed by atoms with E-state index >= 15 is 0 Å². The summed E-state index contributed by atoms with van der Waals surface area (Å²) >= 11 is 0. The van der Waals surface area contributed by atoms with Crippen LogP contribution >= 0.6 is 0 Å². The summed E-state index contributed by atoms with van der Waals surface area (Å²) in [6, 6.07) is -0.808. The van der Waals surface area contributed by atoms with E-state index in [1.807, 2.05) is 6.92 Å². The van der Waals surface area contributed by atoms with Crippen LogP contribution in [0.5, 0.6) is 0 Å². The third-order valence-electron chi connectivity index (χ3n) is 1.83. The van der Waals surface area contributed by atoms with Crippen LogP contribution in [0.2, 0.25) is 0 Å². The lowest BCUT2D eigenvalue weighted by molar-refractivity contribution is -0.140. The summed E-state index contributed by atoms with van der Waals surface area (Å²) in [6.45, 7) is 1.84. The topological polar surface area (TPSA) is 118 Å². The van der Waals surface area contributed by atoms with Gasteiger partial charge in [-0.25, -0.2) is 0 Å². The standard InChI is InChI=1S/C8H17N3O3/c1-2-6(9)11-5(8(13)14)3-4-7(10)12/h5-6,11H,2-4,9H2,1H3,(H2,10,12)(H,13,14). The Kier molecular flexibility index (Phi) is 5.82. The van der Waals surface area contributed by atoms with Crippen LogP contribution in [0.25, 0.3) is 0 Å². The normalized spacial score (nSPS) is 14.7. The van der Waals surface area contributed by atoms with Crippen molar-refractivity contribution in [3.63, 3.8) is 0 Å². The van der Waals surface area contributed by atoms with Crippen molar-refractivity contribution in [1.82, 2.24) is 5.32 Å². The largest absolute Gasteiger partial charge is 0.480 e. The number of carboxylic acid groups (broad SMARTS) is 1. The summed E-state index contributed by atoms with van der Waals surface area (Å²) in [5.41, 5.74) is 10.4. The highest BCUT2D eigenvalue weighted by atomic mass is 16.4. The summed E-state index contributed by atoms with van der Waals surface area (Å²) in [5.74, 6) is -1.53. The Hall–Kier alpha value is -1.14. The highest BCUT2D eigenvalue weighted by molar-refractivity contribution is 5.77. The first-order valence-corrected chi connectivity index (χ1v) is 4.50. The van der Waals surface area contributed by atoms with Crippen molar-refractivity contribution in [2.75, 3.05) is 0 Å². The van der Waals surface area contributed by atoms with Gasteiger partial charge >= 0.3 is 5.97 Å². The maximum absolute atomic E-state index is 10.7. The van der Waals surface area contributed by atoms with Crippen LogP contribution in [-0.2, 0) is 9.59 Å². The molecule has 2 unspecified atom stereocenters. The van der Waals surface area contributed by atoms with Crippen LogP contribution < -0.4 is 16.8 Å². The number of nitrogens with two attached hydrogens (primary N) is 2. The van der Waals surface area contributed by atoms with Crippen LogP contribution in [-0.4, -0.2) is 29.2 Å². The number of carbonyl (C=O) groups is 2. The lowest BCUT2D eigenvalue weighted by Crippen LogP contribution is -2.47. The minimum atomic E-state index is -1.02. The van der Waals surface area contributed by atoms with Crippen molar-refractivity contribution in [3.8, 4) is 0 Å². The molecule has 0 saturated heterocycles. The minimum Gasteiger partial charge on any atom is -0.480 e. The lowest BCUT2D eigenvalue weighted by Gasteiger charge is -2.18. The molecule has 0 saturated carbocycles. The van der Waals surface area contributed by atoms with E-state index in [-0.39, 0.29) is 19.0 Å². The summed E-state index contributed by atoms with van der Waals surface area (Å²) in [6.07, 6.45) is 0.461. The van der Waals surface area contributed by atoms with E-state index in [0.717, 1.165) is 0 Å². The SMILES string of the molecule is CCC(N)NC(CCC(N)=O)C(=O)O. The smallest absolute Gasteiger partial charge is 0.320 e. The molecular formula is C8H17N3O3. The van der Waals surface area contributed by atoms with Gasteiger partial charge in [0.2, 0.25) is 5.91 Å². The van der Waals surface area contributed by atoms with Gasteiger partial charge in [0, 0.05) is 6.42 Å². The molecule has 6 heteroatoms. The number of nitrogens with one attached hydrogen (secondary N) is 1. The van der Waals surface area contributed by atoms with Crippen molar-refractivity contribution < 1.29 is 14.7 Å². The highest BCUT2D eigenvalue weighted by Gasteiger charge is 2.19. The Balaban J connectivity index is 4.02. The van der Waals surface area contributed by atoms with Gasteiger partial charge in [0.1, 0.15) is 6.04 Å². The van der Waals surface area contributed by atoms with Crippen molar-refractivity contribution in [1.29, 1.82) is 0 Å². The van der Waals surface area contributed by atoms with Crippen LogP contribution in [0.4, 0.5) is 0 Å². The monoisotopic (exact) mass is 203 g/mol. The number of hydrogen-bond donors (Lipinski definition) is 4. The molecular weight excluding hydrogens is 186 g/mol. The Morgan fingerprint density at radius 1 is 1.50 bits per heavy atom. The molecule has 0 fully saturated rings. The average Bonchev–Trinajstić information content (AvgIpc) is 2.10. The molecule has 0 radical (unpaired) electrons. The summed E-state index contributed by atoms with van der Waals surface area (Å²) < 4.78 is 0. The van der Waals surface area contributed by atoms with Gasteiger partial charge in [-0.2, -0.15) is 0 Å². The molecule has 6 N–H and O–H groups in total. The molecule has 1 amide bonds. The summed E-state index contributed by atoms with van der Waals surface area (Å²) in [5, 5.41) is 11.5. The van der Waals surface area contributed by atoms with Crippen LogP contribution in [0.15, 0.2) is 0 Å². The van der Waals surface area contributed by atoms with E-state index in [9.17, 15) is 9.59 Å². The van der Waals surface area contributed by atoms with Crippen molar-refractivity contribution in [2.24, 2.45) is 11.5 Å². The zero-order valence-electron chi connectivity index (χ0n) is 8.19. The second-order valence-corrected chi connectivity index (χ2v) is 3.08. The number of carboxylic acids is 1. The number of primary amides is 1. The number of rotatable bonds is 7. The zero-order chi connectivity index (χ0) is 11.1. The van der Waals surface area contributed by atoms with Gasteiger partial charge in [-0.3, -0.25) is 14.9 Å². The van der Waals surface area contributed by atoms with Crippen LogP contribution in [0, 0.1) is 0 Å². The van der Waals surface area contributed by atoms with Gasteiger partial charge in [0.05, 0.1) is 6.17 Å². The quantitative estimate of drug-likeness (QED) is 0.395. The molecule has 82 valence electrons. The van der Waals surface area contributed by atoms with E-state index in [4.69, 9.17) is 16.6 Å². The molecule has 0 aromatic rings. The maximum Gasteiger partial charge on any atom is 0.320 e. The molecule has 0 spiro atoms. The molecule has 6 nitrogen and oxygen atoms in total. The van der Waals surface area contributed by atoms with Crippen molar-refractivity contribution in [2.45, 2.75) is 38.4 Å². The third kappa shape index (κ3) is 5.50. The lowest BCUT2D eigenvalue weighted by atomic mass is 10.1. The first kappa shape index (κ1) is 12.9. The van der Waals surface area contributed by atoms with E-state index < -0.39 is 17.9 Å². The molecule has 2 atom stereocenters. The Morgan fingerprint density at radius 3 is 2.43 bits per heavy atom. The molecule has 14 heavy (non-hydrogen) atoms.